The minimum Gasteiger partial charge on any atom is -0.494 e. The van der Waals surface area contributed by atoms with Gasteiger partial charge in [0, 0.05) is 6.20 Å². The molecule has 3 rings (SSSR count). The molecular formula is C16H14FN3O2S. The third kappa shape index (κ3) is 3.29. The summed E-state index contributed by atoms with van der Waals surface area (Å²) >= 11 is 1.30. The number of amides is 1. The van der Waals surface area contributed by atoms with Crippen LogP contribution in [0, 0.1) is 12.7 Å². The Morgan fingerprint density at radius 2 is 2.22 bits per heavy atom. The zero-order valence-corrected chi connectivity index (χ0v) is 13.4. The number of ether oxygens (including phenoxy) is 1. The zero-order valence-electron chi connectivity index (χ0n) is 12.6. The number of carbonyl (C=O) groups is 1. The number of halogens is 1. The summed E-state index contributed by atoms with van der Waals surface area (Å²) in [5.74, 6) is -0.526. The molecule has 0 aliphatic carbocycles. The molecule has 0 atom stereocenters. The number of fused-ring (bicyclic) bond motifs is 1. The fraction of sp³-hybridized carbons (Fsp3) is 0.188. The van der Waals surface area contributed by atoms with Crippen molar-refractivity contribution >= 4 is 32.6 Å². The molecule has 0 saturated heterocycles. The van der Waals surface area contributed by atoms with E-state index in [4.69, 9.17) is 4.74 Å². The fourth-order valence-corrected chi connectivity index (χ4v) is 2.96. The molecule has 1 N–H and O–H groups in total. The molecule has 0 radical (unpaired) electrons. The summed E-state index contributed by atoms with van der Waals surface area (Å²) in [6, 6.07) is 6.76. The number of anilines is 1. The average molecular weight is 331 g/mol. The second-order valence-corrected chi connectivity index (χ2v) is 5.91. The number of benzene rings is 1. The van der Waals surface area contributed by atoms with Crippen molar-refractivity contribution in [3.8, 4) is 5.75 Å². The van der Waals surface area contributed by atoms with Crippen molar-refractivity contribution in [2.45, 2.75) is 13.8 Å². The molecular weight excluding hydrogens is 317 g/mol. The maximum absolute atomic E-state index is 13.8. The van der Waals surface area contributed by atoms with Gasteiger partial charge in [0.1, 0.15) is 5.75 Å². The summed E-state index contributed by atoms with van der Waals surface area (Å²) in [5.41, 5.74) is 1.15. The van der Waals surface area contributed by atoms with Crippen molar-refractivity contribution in [2.75, 3.05) is 11.9 Å². The van der Waals surface area contributed by atoms with Gasteiger partial charge in [-0.1, -0.05) is 11.3 Å². The number of pyridine rings is 1. The lowest BCUT2D eigenvalue weighted by Gasteiger charge is -2.02. The third-order valence-electron chi connectivity index (χ3n) is 3.08. The van der Waals surface area contributed by atoms with Gasteiger partial charge in [-0.3, -0.25) is 10.1 Å². The highest BCUT2D eigenvalue weighted by Gasteiger charge is 2.16. The van der Waals surface area contributed by atoms with E-state index < -0.39 is 11.7 Å². The molecule has 1 amide bonds. The molecule has 5 nitrogen and oxygen atoms in total. The monoisotopic (exact) mass is 331 g/mol. The summed E-state index contributed by atoms with van der Waals surface area (Å²) in [6.07, 6.45) is 1.45. The van der Waals surface area contributed by atoms with E-state index in [1.807, 2.05) is 25.1 Å². The van der Waals surface area contributed by atoms with Crippen LogP contribution in [0.3, 0.4) is 0 Å². The zero-order chi connectivity index (χ0) is 16.4. The number of aryl methyl sites for hydroxylation is 1. The Labute approximate surface area is 136 Å². The molecule has 0 aliphatic rings. The maximum atomic E-state index is 13.8. The van der Waals surface area contributed by atoms with E-state index >= 15 is 0 Å². The van der Waals surface area contributed by atoms with E-state index in [9.17, 15) is 9.18 Å². The summed E-state index contributed by atoms with van der Waals surface area (Å²) in [7, 11) is 0. The SMILES string of the molecule is CCOc1ccc2nc(NC(=O)c3ncc(C)cc3F)sc2c1. The Kier molecular flexibility index (Phi) is 4.20. The number of hydrogen-bond acceptors (Lipinski definition) is 5. The predicted octanol–water partition coefficient (Wildman–Crippen LogP) is 3.79. The van der Waals surface area contributed by atoms with Crippen molar-refractivity contribution in [3.05, 3.63) is 47.5 Å². The van der Waals surface area contributed by atoms with E-state index in [0.29, 0.717) is 17.3 Å². The topological polar surface area (TPSA) is 64.1 Å². The van der Waals surface area contributed by atoms with Crippen LogP contribution in [-0.2, 0) is 0 Å². The van der Waals surface area contributed by atoms with Crippen molar-refractivity contribution in [1.82, 2.24) is 9.97 Å². The molecule has 0 saturated carbocycles. The smallest absolute Gasteiger partial charge is 0.279 e. The molecule has 0 aliphatic heterocycles. The first-order valence-corrected chi connectivity index (χ1v) is 7.85. The number of rotatable bonds is 4. The molecule has 1 aromatic carbocycles. The van der Waals surface area contributed by atoms with Crippen molar-refractivity contribution in [2.24, 2.45) is 0 Å². The molecule has 23 heavy (non-hydrogen) atoms. The number of nitrogens with zero attached hydrogens (tertiary/aromatic N) is 2. The van der Waals surface area contributed by atoms with Gasteiger partial charge >= 0.3 is 0 Å². The van der Waals surface area contributed by atoms with Crippen LogP contribution >= 0.6 is 11.3 Å². The molecule has 7 heteroatoms. The third-order valence-corrected chi connectivity index (χ3v) is 4.02. The first kappa shape index (κ1) is 15.4. The highest BCUT2D eigenvalue weighted by molar-refractivity contribution is 7.22. The van der Waals surface area contributed by atoms with E-state index in [0.717, 1.165) is 16.0 Å². The van der Waals surface area contributed by atoms with Gasteiger partial charge in [-0.15, -0.1) is 0 Å². The minimum atomic E-state index is -0.651. The lowest BCUT2D eigenvalue weighted by molar-refractivity contribution is 0.101. The largest absolute Gasteiger partial charge is 0.494 e. The average Bonchev–Trinajstić information content (AvgIpc) is 2.88. The van der Waals surface area contributed by atoms with E-state index in [-0.39, 0.29) is 5.69 Å². The van der Waals surface area contributed by atoms with Crippen LogP contribution in [0.2, 0.25) is 0 Å². The second kappa shape index (κ2) is 6.29. The van der Waals surface area contributed by atoms with E-state index in [2.05, 4.69) is 15.3 Å². The fourth-order valence-electron chi connectivity index (χ4n) is 2.07. The Bertz CT molecular complexity index is 879. The molecule has 2 aromatic heterocycles. The quantitative estimate of drug-likeness (QED) is 0.790. The molecule has 3 aromatic rings. The Morgan fingerprint density at radius 3 is 2.96 bits per heavy atom. The number of aromatic nitrogens is 2. The van der Waals surface area contributed by atoms with Gasteiger partial charge < -0.3 is 4.74 Å². The Morgan fingerprint density at radius 1 is 1.39 bits per heavy atom. The van der Waals surface area contributed by atoms with Crippen LogP contribution in [-0.4, -0.2) is 22.5 Å². The van der Waals surface area contributed by atoms with Gasteiger partial charge in [-0.05, 0) is 43.7 Å². The lowest BCUT2D eigenvalue weighted by atomic mass is 10.2. The Hall–Kier alpha value is -2.54. The molecule has 2 heterocycles. The summed E-state index contributed by atoms with van der Waals surface area (Å²) in [4.78, 5) is 20.3. The minimum absolute atomic E-state index is 0.245. The van der Waals surface area contributed by atoms with Crippen LogP contribution < -0.4 is 10.1 Å². The van der Waals surface area contributed by atoms with Crippen LogP contribution in [0.1, 0.15) is 23.0 Å². The predicted molar refractivity (Wildman–Crippen MR) is 87.7 cm³/mol. The molecule has 118 valence electrons. The van der Waals surface area contributed by atoms with Crippen molar-refractivity contribution in [3.63, 3.8) is 0 Å². The number of thiazole rings is 1. The van der Waals surface area contributed by atoms with Crippen molar-refractivity contribution in [1.29, 1.82) is 0 Å². The molecule has 0 unspecified atom stereocenters. The highest BCUT2D eigenvalue weighted by atomic mass is 32.1. The second-order valence-electron chi connectivity index (χ2n) is 4.88. The van der Waals surface area contributed by atoms with Gasteiger partial charge in [-0.25, -0.2) is 14.4 Å². The highest BCUT2D eigenvalue weighted by Crippen LogP contribution is 2.29. The molecule has 0 spiro atoms. The normalized spacial score (nSPS) is 10.7. The van der Waals surface area contributed by atoms with Crippen LogP contribution in [0.15, 0.2) is 30.5 Å². The standard InChI is InChI=1S/C16H14FN3O2S/c1-3-22-10-4-5-12-13(7-10)23-16(19-12)20-15(21)14-11(17)6-9(2)8-18-14/h4-8H,3H2,1-2H3,(H,19,20,21). The van der Waals surface area contributed by atoms with Crippen LogP contribution in [0.25, 0.3) is 10.2 Å². The van der Waals surface area contributed by atoms with Gasteiger partial charge in [0.05, 0.1) is 16.8 Å². The van der Waals surface area contributed by atoms with Gasteiger partial charge in [-0.2, -0.15) is 0 Å². The van der Waals surface area contributed by atoms with Crippen LogP contribution in [0.4, 0.5) is 9.52 Å². The number of hydrogen-bond donors (Lipinski definition) is 1. The van der Waals surface area contributed by atoms with Gasteiger partial charge in [0.25, 0.3) is 5.91 Å². The van der Waals surface area contributed by atoms with E-state index in [1.165, 1.54) is 23.6 Å². The van der Waals surface area contributed by atoms with Gasteiger partial charge in [0.2, 0.25) is 0 Å². The lowest BCUT2D eigenvalue weighted by Crippen LogP contribution is -2.15. The van der Waals surface area contributed by atoms with Crippen molar-refractivity contribution < 1.29 is 13.9 Å². The Balaban J connectivity index is 1.84. The van der Waals surface area contributed by atoms with E-state index in [1.54, 1.807) is 6.92 Å². The summed E-state index contributed by atoms with van der Waals surface area (Å²) in [5, 5.41) is 2.97. The number of nitrogens with one attached hydrogen (secondary N) is 1. The summed E-state index contributed by atoms with van der Waals surface area (Å²) in [6.45, 7) is 4.19. The first-order valence-electron chi connectivity index (χ1n) is 7.03. The maximum Gasteiger partial charge on any atom is 0.279 e. The summed E-state index contributed by atoms with van der Waals surface area (Å²) < 4.78 is 20.1. The molecule has 0 fully saturated rings. The van der Waals surface area contributed by atoms with Gasteiger partial charge in [0.15, 0.2) is 16.6 Å². The first-order chi connectivity index (χ1) is 11.1. The van der Waals surface area contributed by atoms with Crippen LogP contribution in [0.5, 0.6) is 5.75 Å². The molecule has 0 bridgehead atoms. The number of carbonyl (C=O) groups excluding carboxylic acids is 1.